The van der Waals surface area contributed by atoms with Crippen LogP contribution in [0.2, 0.25) is 0 Å². The highest BCUT2D eigenvalue weighted by Gasteiger charge is 2.09. The van der Waals surface area contributed by atoms with E-state index >= 15 is 0 Å². The second kappa shape index (κ2) is 12.3. The molecule has 8 heteroatoms. The third-order valence-corrected chi connectivity index (χ3v) is 4.39. The van der Waals surface area contributed by atoms with E-state index in [0.717, 1.165) is 11.4 Å². The maximum Gasteiger partial charge on any atom is 0.257 e. The Morgan fingerprint density at radius 2 is 1.62 bits per heavy atom. The Morgan fingerprint density at radius 3 is 2.34 bits per heavy atom. The normalized spacial score (nSPS) is 10.7. The van der Waals surface area contributed by atoms with Crippen molar-refractivity contribution in [2.45, 2.75) is 6.92 Å². The summed E-state index contributed by atoms with van der Waals surface area (Å²) < 4.78 is 10.8. The highest BCUT2D eigenvalue weighted by atomic mass is 32.1. The van der Waals surface area contributed by atoms with Gasteiger partial charge in [-0.15, -0.1) is 0 Å². The number of carbonyl (C=O) groups is 1. The summed E-state index contributed by atoms with van der Waals surface area (Å²) in [5.74, 6) is 0.266. The smallest absolute Gasteiger partial charge is 0.257 e. The average molecular weight is 449 g/mol. The molecule has 0 bridgehead atoms. The Bertz CT molecular complexity index is 1060. The second-order valence-electron chi connectivity index (χ2n) is 6.56. The Kier molecular flexibility index (Phi) is 8.85. The molecule has 0 aliphatic rings. The minimum absolute atomic E-state index is 0.191. The summed E-state index contributed by atoms with van der Waals surface area (Å²) in [7, 11) is 0. The van der Waals surface area contributed by atoms with Crippen LogP contribution in [0, 0.1) is 0 Å². The number of rotatable bonds is 9. The lowest BCUT2D eigenvalue weighted by Gasteiger charge is -2.11. The molecule has 2 N–H and O–H groups in total. The van der Waals surface area contributed by atoms with Gasteiger partial charge in [0.25, 0.3) is 5.91 Å². The van der Waals surface area contributed by atoms with Crippen molar-refractivity contribution in [2.75, 3.05) is 25.1 Å². The van der Waals surface area contributed by atoms with Gasteiger partial charge in [0.1, 0.15) is 12.4 Å². The summed E-state index contributed by atoms with van der Waals surface area (Å²) in [6.07, 6.45) is 0. The number of thiocarbonyl (C=S) groups is 1. The number of carbonyl (C=O) groups excluding carboxylic acids is 1. The second-order valence-corrected chi connectivity index (χ2v) is 6.97. The van der Waals surface area contributed by atoms with Crippen molar-refractivity contribution >= 4 is 40.3 Å². The lowest BCUT2D eigenvalue weighted by Crippen LogP contribution is -2.34. The summed E-state index contributed by atoms with van der Waals surface area (Å²) in [5.41, 5.74) is 2.65. The zero-order valence-electron chi connectivity index (χ0n) is 17.7. The Balaban J connectivity index is 1.50. The molecule has 0 saturated heterocycles. The van der Waals surface area contributed by atoms with Crippen LogP contribution in [0.25, 0.3) is 0 Å². The fourth-order valence-electron chi connectivity index (χ4n) is 2.65. The highest BCUT2D eigenvalue weighted by Crippen LogP contribution is 2.20. The topological polar surface area (TPSA) is 84.3 Å². The van der Waals surface area contributed by atoms with E-state index in [9.17, 15) is 4.79 Å². The average Bonchev–Trinajstić information content (AvgIpc) is 2.82. The number of nitrogens with one attached hydrogen (secondary N) is 2. The van der Waals surface area contributed by atoms with Gasteiger partial charge < -0.3 is 14.8 Å². The molecule has 164 valence electrons. The van der Waals surface area contributed by atoms with Gasteiger partial charge in [0, 0.05) is 17.9 Å². The standard InChI is InChI=1S/C24H24N4O3S/c1-2-30-15-16-31-22-10-6-7-18(17-22)23(29)26-24(32)25-19-11-13-21(14-12-19)28-27-20-8-4-3-5-9-20/h3-14,17H,2,15-16H2,1H3,(H2,25,26,29,32). The molecule has 1 amide bonds. The molecule has 0 radical (unpaired) electrons. The fourth-order valence-corrected chi connectivity index (χ4v) is 2.86. The van der Waals surface area contributed by atoms with Gasteiger partial charge in [0.05, 0.1) is 18.0 Å². The van der Waals surface area contributed by atoms with Crippen molar-refractivity contribution in [2.24, 2.45) is 10.2 Å². The minimum atomic E-state index is -0.328. The summed E-state index contributed by atoms with van der Waals surface area (Å²) >= 11 is 5.26. The van der Waals surface area contributed by atoms with E-state index in [1.807, 2.05) is 61.5 Å². The number of hydrogen-bond acceptors (Lipinski definition) is 6. The minimum Gasteiger partial charge on any atom is -0.491 e. The predicted molar refractivity (Wildman–Crippen MR) is 129 cm³/mol. The van der Waals surface area contributed by atoms with E-state index in [1.54, 1.807) is 24.3 Å². The maximum atomic E-state index is 12.5. The predicted octanol–water partition coefficient (Wildman–Crippen LogP) is 5.64. The Hall–Kier alpha value is -3.62. The van der Waals surface area contributed by atoms with Gasteiger partial charge in [-0.25, -0.2) is 0 Å². The van der Waals surface area contributed by atoms with Crippen molar-refractivity contribution in [1.29, 1.82) is 0 Å². The first-order valence-corrected chi connectivity index (χ1v) is 10.5. The molecule has 3 aromatic carbocycles. The Morgan fingerprint density at radius 1 is 0.906 bits per heavy atom. The number of amides is 1. The molecule has 0 aliphatic carbocycles. The molecule has 0 aromatic heterocycles. The molecule has 3 aromatic rings. The van der Waals surface area contributed by atoms with Crippen LogP contribution >= 0.6 is 12.2 Å². The molecular formula is C24H24N4O3S. The van der Waals surface area contributed by atoms with Gasteiger partial charge in [0.2, 0.25) is 0 Å². The molecule has 0 heterocycles. The Labute approximate surface area is 192 Å². The molecule has 0 aliphatic heterocycles. The lowest BCUT2D eigenvalue weighted by molar-refractivity contribution is 0.0976. The number of azo groups is 1. The molecule has 3 rings (SSSR count). The first kappa shape index (κ1) is 23.1. The van der Waals surface area contributed by atoms with Crippen molar-refractivity contribution in [3.05, 3.63) is 84.4 Å². The first-order valence-electron chi connectivity index (χ1n) is 10.1. The van der Waals surface area contributed by atoms with Crippen LogP contribution in [0.4, 0.5) is 17.1 Å². The van der Waals surface area contributed by atoms with E-state index in [0.29, 0.717) is 36.8 Å². The molecule has 0 saturated carbocycles. The van der Waals surface area contributed by atoms with E-state index in [2.05, 4.69) is 20.9 Å². The van der Waals surface area contributed by atoms with E-state index in [1.165, 1.54) is 0 Å². The maximum absolute atomic E-state index is 12.5. The van der Waals surface area contributed by atoms with Crippen LogP contribution in [-0.4, -0.2) is 30.8 Å². The van der Waals surface area contributed by atoms with Gasteiger partial charge >= 0.3 is 0 Å². The van der Waals surface area contributed by atoms with Gasteiger partial charge in [-0.2, -0.15) is 10.2 Å². The van der Waals surface area contributed by atoms with E-state index in [-0.39, 0.29) is 11.0 Å². The molecule has 0 spiro atoms. The SMILES string of the molecule is CCOCCOc1cccc(C(=O)NC(=S)Nc2ccc(N=Nc3ccccc3)cc2)c1. The van der Waals surface area contributed by atoms with Crippen molar-refractivity contribution in [1.82, 2.24) is 5.32 Å². The van der Waals surface area contributed by atoms with Crippen LogP contribution < -0.4 is 15.4 Å². The summed E-state index contributed by atoms with van der Waals surface area (Å²) in [5, 5.41) is 14.2. The molecule has 32 heavy (non-hydrogen) atoms. The third-order valence-electron chi connectivity index (χ3n) is 4.19. The molecule has 0 unspecified atom stereocenters. The van der Waals surface area contributed by atoms with Crippen molar-refractivity contribution in [3.8, 4) is 5.75 Å². The van der Waals surface area contributed by atoms with E-state index < -0.39 is 0 Å². The summed E-state index contributed by atoms with van der Waals surface area (Å²) in [6.45, 7) is 3.47. The lowest BCUT2D eigenvalue weighted by atomic mass is 10.2. The van der Waals surface area contributed by atoms with E-state index in [4.69, 9.17) is 21.7 Å². The highest BCUT2D eigenvalue weighted by molar-refractivity contribution is 7.80. The van der Waals surface area contributed by atoms with Gasteiger partial charge in [-0.3, -0.25) is 10.1 Å². The summed E-state index contributed by atoms with van der Waals surface area (Å²) in [4.78, 5) is 12.5. The number of ether oxygens (including phenoxy) is 2. The first-order chi connectivity index (χ1) is 15.6. The monoisotopic (exact) mass is 448 g/mol. The van der Waals surface area contributed by atoms with Crippen molar-refractivity contribution < 1.29 is 14.3 Å². The number of anilines is 1. The molecular weight excluding hydrogens is 424 g/mol. The third kappa shape index (κ3) is 7.57. The van der Waals surface area contributed by atoms with Crippen LogP contribution in [-0.2, 0) is 4.74 Å². The van der Waals surface area contributed by atoms with Crippen molar-refractivity contribution in [3.63, 3.8) is 0 Å². The van der Waals surface area contributed by atoms with Crippen LogP contribution in [0.5, 0.6) is 5.75 Å². The molecule has 0 atom stereocenters. The quantitative estimate of drug-likeness (QED) is 0.251. The zero-order chi connectivity index (χ0) is 22.6. The van der Waals surface area contributed by atoms with Crippen LogP contribution in [0.3, 0.4) is 0 Å². The molecule has 0 fully saturated rings. The molecule has 7 nitrogen and oxygen atoms in total. The fraction of sp³-hybridized carbons (Fsp3) is 0.167. The van der Waals surface area contributed by atoms with Gasteiger partial charge in [0.15, 0.2) is 5.11 Å². The zero-order valence-corrected chi connectivity index (χ0v) is 18.5. The largest absolute Gasteiger partial charge is 0.491 e. The number of benzene rings is 3. The van der Waals surface area contributed by atoms with Gasteiger partial charge in [-0.05, 0) is 73.7 Å². The number of nitrogens with zero attached hydrogens (tertiary/aromatic N) is 2. The number of hydrogen-bond donors (Lipinski definition) is 2. The van der Waals surface area contributed by atoms with Crippen LogP contribution in [0.15, 0.2) is 89.1 Å². The van der Waals surface area contributed by atoms with Crippen LogP contribution in [0.1, 0.15) is 17.3 Å². The summed E-state index contributed by atoms with van der Waals surface area (Å²) in [6, 6.07) is 23.6. The van der Waals surface area contributed by atoms with Gasteiger partial charge in [-0.1, -0.05) is 24.3 Å².